The number of rotatable bonds is 7. The first-order chi connectivity index (χ1) is 19.0. The summed E-state index contributed by atoms with van der Waals surface area (Å²) in [5, 5.41) is 9.47. The van der Waals surface area contributed by atoms with E-state index in [1.165, 1.54) is 11.1 Å². The molecule has 4 unspecified atom stereocenters. The highest BCUT2D eigenvalue weighted by Gasteiger charge is 2.51. The topological polar surface area (TPSA) is 72.8 Å². The molecule has 0 bridgehead atoms. The maximum atomic E-state index is 14.0. The van der Waals surface area contributed by atoms with Crippen molar-refractivity contribution in [3.05, 3.63) is 34.4 Å². The van der Waals surface area contributed by atoms with E-state index in [9.17, 15) is 13.5 Å². The van der Waals surface area contributed by atoms with Crippen LogP contribution in [0.2, 0.25) is 36.3 Å². The van der Waals surface area contributed by atoms with E-state index < -0.39 is 31.7 Å². The van der Waals surface area contributed by atoms with Gasteiger partial charge in [0.05, 0.1) is 18.0 Å². The number of aliphatic hydroxyl groups excluding tert-OH is 1. The number of hydrogen-bond donors (Lipinski definition) is 1. The Morgan fingerprint density at radius 3 is 2.21 bits per heavy atom. The van der Waals surface area contributed by atoms with Crippen molar-refractivity contribution in [3.8, 4) is 0 Å². The molecule has 42 heavy (non-hydrogen) atoms. The highest BCUT2D eigenvalue weighted by molar-refractivity contribution is 7.92. The number of aliphatic hydroxyl groups is 1. The van der Waals surface area contributed by atoms with Gasteiger partial charge < -0.3 is 14.0 Å². The van der Waals surface area contributed by atoms with Crippen LogP contribution in [0.4, 0.5) is 0 Å². The third-order valence-corrected chi connectivity index (χ3v) is 23.0. The first kappa shape index (κ1) is 34.4. The summed E-state index contributed by atoms with van der Waals surface area (Å²) in [6.07, 6.45) is 9.74. The molecule has 1 saturated carbocycles. The van der Waals surface area contributed by atoms with Crippen molar-refractivity contribution in [2.45, 2.75) is 148 Å². The van der Waals surface area contributed by atoms with Crippen molar-refractivity contribution in [1.82, 2.24) is 0 Å². The van der Waals surface area contributed by atoms with Crippen LogP contribution >= 0.6 is 0 Å². The van der Waals surface area contributed by atoms with Crippen LogP contribution in [-0.2, 0) is 18.7 Å². The average Bonchev–Trinajstić information content (AvgIpc) is 3.31. The Bertz CT molecular complexity index is 1250. The Morgan fingerprint density at radius 2 is 1.64 bits per heavy atom. The van der Waals surface area contributed by atoms with Crippen LogP contribution in [0, 0.1) is 17.3 Å². The van der Waals surface area contributed by atoms with E-state index in [-0.39, 0.29) is 46.0 Å². The van der Waals surface area contributed by atoms with Crippen LogP contribution in [0.15, 0.2) is 34.4 Å². The lowest BCUT2D eigenvalue weighted by Gasteiger charge is -2.45. The minimum Gasteiger partial charge on any atom is -0.414 e. The average molecular weight is 637 g/mol. The Balaban J connectivity index is 1.74. The van der Waals surface area contributed by atoms with Gasteiger partial charge in [-0.05, 0) is 90.8 Å². The van der Waals surface area contributed by atoms with Crippen LogP contribution < -0.4 is 0 Å². The molecule has 0 spiro atoms. The largest absolute Gasteiger partial charge is 0.414 e. The zero-order valence-corrected chi connectivity index (χ0v) is 31.5. The van der Waals surface area contributed by atoms with E-state index in [4.69, 9.17) is 8.85 Å². The van der Waals surface area contributed by atoms with Gasteiger partial charge in [0.25, 0.3) is 0 Å². The fourth-order valence-corrected chi connectivity index (χ4v) is 12.2. The Labute approximate surface area is 259 Å². The van der Waals surface area contributed by atoms with Crippen LogP contribution in [0.5, 0.6) is 0 Å². The molecule has 0 radical (unpaired) electrons. The molecule has 3 aliphatic carbocycles. The molecule has 1 heterocycles. The monoisotopic (exact) mass is 636 g/mol. The molecule has 8 heteroatoms. The van der Waals surface area contributed by atoms with Crippen molar-refractivity contribution in [2.24, 2.45) is 17.3 Å². The normalized spacial score (nSPS) is 33.9. The summed E-state index contributed by atoms with van der Waals surface area (Å²) in [5.74, 6) is 0.566. The number of allylic oxidation sites excluding steroid dienone is 2. The van der Waals surface area contributed by atoms with E-state index in [1.54, 1.807) is 0 Å². The molecule has 4 aliphatic rings. The van der Waals surface area contributed by atoms with Crippen molar-refractivity contribution < 1.29 is 22.4 Å². The predicted octanol–water partition coefficient (Wildman–Crippen LogP) is 8.35. The van der Waals surface area contributed by atoms with E-state index in [0.29, 0.717) is 12.3 Å². The Morgan fingerprint density at radius 1 is 1.05 bits per heavy atom. The first-order valence-corrected chi connectivity index (χ1v) is 23.9. The molecular formula is C34H60O5SSi2. The van der Waals surface area contributed by atoms with Crippen LogP contribution in [0.25, 0.3) is 0 Å². The lowest BCUT2D eigenvalue weighted by Crippen LogP contribution is -2.49. The van der Waals surface area contributed by atoms with Gasteiger partial charge in [-0.3, -0.25) is 0 Å². The number of fused-ring (bicyclic) bond motifs is 1. The van der Waals surface area contributed by atoms with Crippen molar-refractivity contribution in [2.75, 3.05) is 12.4 Å². The second kappa shape index (κ2) is 11.4. The molecule has 0 amide bonds. The van der Waals surface area contributed by atoms with Gasteiger partial charge in [-0.1, -0.05) is 78.7 Å². The molecule has 240 valence electrons. The second-order valence-corrected chi connectivity index (χ2v) is 28.8. The molecule has 0 aromatic carbocycles. The summed E-state index contributed by atoms with van der Waals surface area (Å²) in [5.41, 5.74) is 4.74. The SMILES string of the molecule is C[C@@H](CO)C1=CCC2/C(=C/C3C4=C(CS3(=O)=O)C(O[Si](C)(C)C(C)(C)C)CC(O[Si](C)(C)C(C)(C)C)C4)CCC[C@]12C. The minimum absolute atomic E-state index is 0.000328. The smallest absolute Gasteiger partial charge is 0.192 e. The molecule has 4 rings (SSSR count). The lowest BCUT2D eigenvalue weighted by atomic mass is 9.62. The fourth-order valence-electron chi connectivity index (χ4n) is 7.50. The van der Waals surface area contributed by atoms with E-state index in [0.717, 1.165) is 43.3 Å². The molecule has 1 N–H and O–H groups in total. The van der Waals surface area contributed by atoms with E-state index in [2.05, 4.69) is 93.7 Å². The van der Waals surface area contributed by atoms with E-state index >= 15 is 0 Å². The summed E-state index contributed by atoms with van der Waals surface area (Å²) in [7, 11) is -7.61. The summed E-state index contributed by atoms with van der Waals surface area (Å²) < 4.78 is 42.2. The molecule has 0 saturated heterocycles. The summed E-state index contributed by atoms with van der Waals surface area (Å²) >= 11 is 0. The first-order valence-electron chi connectivity index (χ1n) is 16.3. The van der Waals surface area contributed by atoms with Crippen LogP contribution in [-0.4, -0.2) is 60.0 Å². The number of sulfone groups is 1. The molecule has 1 fully saturated rings. The minimum atomic E-state index is -3.39. The van der Waals surface area contributed by atoms with Gasteiger partial charge >= 0.3 is 0 Å². The van der Waals surface area contributed by atoms with E-state index in [1.807, 2.05) is 0 Å². The summed E-state index contributed by atoms with van der Waals surface area (Å²) in [6.45, 7) is 27.3. The molecular weight excluding hydrogens is 577 g/mol. The third-order valence-electron chi connectivity index (χ3n) is 12.1. The summed E-state index contributed by atoms with van der Waals surface area (Å²) in [4.78, 5) is 0. The molecule has 6 atom stereocenters. The standard InChI is InChI=1S/C34H60O5SSi2/c1-23(21-35)28-15-16-29-24(14-13-17-34(28,29)8)18-31-26-19-25(38-41(9,10)32(2,3)4)20-30(27(26)22-40(31,36)37)39-42(11,12)33(5,6)7/h15,18,23,25,29-31,35H,13-14,16-17,19-22H2,1-12H3/b24-18+/t23-,25?,29?,30?,31?,34+/m0/s1. The quantitative estimate of drug-likeness (QED) is 0.225. The zero-order valence-electron chi connectivity index (χ0n) is 28.7. The molecule has 1 aliphatic heterocycles. The van der Waals surface area contributed by atoms with Crippen molar-refractivity contribution >= 4 is 26.5 Å². The highest BCUT2D eigenvalue weighted by Crippen LogP contribution is 2.57. The molecule has 5 nitrogen and oxygen atoms in total. The van der Waals surface area contributed by atoms with Crippen LogP contribution in [0.3, 0.4) is 0 Å². The van der Waals surface area contributed by atoms with Crippen LogP contribution in [0.1, 0.15) is 93.9 Å². The number of hydrogen-bond acceptors (Lipinski definition) is 5. The van der Waals surface area contributed by atoms with Gasteiger partial charge in [0.2, 0.25) is 0 Å². The third kappa shape index (κ3) is 6.28. The van der Waals surface area contributed by atoms with Gasteiger partial charge in [0, 0.05) is 18.9 Å². The van der Waals surface area contributed by atoms with Gasteiger partial charge in [-0.15, -0.1) is 0 Å². The fraction of sp³-hybridized carbons (Fsp3) is 0.824. The maximum Gasteiger partial charge on any atom is 0.192 e. The van der Waals surface area contributed by atoms with Gasteiger partial charge in [-0.2, -0.15) is 0 Å². The highest BCUT2D eigenvalue weighted by atomic mass is 32.2. The van der Waals surface area contributed by atoms with Gasteiger partial charge in [0.15, 0.2) is 26.5 Å². The van der Waals surface area contributed by atoms with Crippen molar-refractivity contribution in [3.63, 3.8) is 0 Å². The van der Waals surface area contributed by atoms with Gasteiger partial charge in [-0.25, -0.2) is 8.42 Å². The second-order valence-electron chi connectivity index (χ2n) is 17.1. The predicted molar refractivity (Wildman–Crippen MR) is 180 cm³/mol. The Kier molecular flexibility index (Phi) is 9.31. The maximum absolute atomic E-state index is 14.0. The Hall–Kier alpha value is -0.516. The molecule has 0 aromatic heterocycles. The van der Waals surface area contributed by atoms with Gasteiger partial charge in [0.1, 0.15) is 5.25 Å². The lowest BCUT2D eigenvalue weighted by molar-refractivity contribution is 0.0980. The van der Waals surface area contributed by atoms with Crippen molar-refractivity contribution in [1.29, 1.82) is 0 Å². The summed E-state index contributed by atoms with van der Waals surface area (Å²) in [6, 6.07) is 0. The molecule has 0 aromatic rings. The zero-order chi connectivity index (χ0) is 31.7.